The predicted molar refractivity (Wildman–Crippen MR) is 55.6 cm³/mol. The minimum atomic E-state index is -0.174. The van der Waals surface area contributed by atoms with Gasteiger partial charge < -0.3 is 10.1 Å². The highest BCUT2D eigenvalue weighted by atomic mass is 16.3. The number of imidazole rings is 1. The van der Waals surface area contributed by atoms with Gasteiger partial charge in [-0.2, -0.15) is 10.5 Å². The summed E-state index contributed by atoms with van der Waals surface area (Å²) in [5.74, 6) is -0.102. The maximum Gasteiger partial charge on any atom is 0.229 e. The molecule has 2 N–H and O–H groups in total. The Morgan fingerprint density at radius 3 is 2.76 bits per heavy atom. The van der Waals surface area contributed by atoms with Crippen LogP contribution in [0.5, 0.6) is 0 Å². The topological polar surface area (TPSA) is 117 Å². The molecule has 2 rings (SSSR count). The fraction of sp³-hybridized carbons (Fsp3) is 0.400. The number of amides is 1. The summed E-state index contributed by atoms with van der Waals surface area (Å²) in [5, 5.41) is 26.5. The zero-order valence-electron chi connectivity index (χ0n) is 8.84. The second kappa shape index (κ2) is 4.24. The van der Waals surface area contributed by atoms with Gasteiger partial charge in [0.25, 0.3) is 0 Å². The Hall–Kier alpha value is -2.38. The molecule has 2 heterocycles. The highest BCUT2D eigenvalue weighted by molar-refractivity contribution is 5.94. The average molecular weight is 231 g/mol. The molecule has 1 aromatic rings. The van der Waals surface area contributed by atoms with E-state index in [0.717, 1.165) is 0 Å². The van der Waals surface area contributed by atoms with Gasteiger partial charge in [-0.1, -0.05) is 0 Å². The van der Waals surface area contributed by atoms with Crippen LogP contribution in [-0.2, 0) is 4.79 Å². The van der Waals surface area contributed by atoms with Crippen LogP contribution in [0.1, 0.15) is 17.8 Å². The fourth-order valence-electron chi connectivity index (χ4n) is 1.76. The number of hydrogen-bond acceptors (Lipinski definition) is 5. The van der Waals surface area contributed by atoms with Crippen LogP contribution in [-0.4, -0.2) is 34.1 Å². The van der Waals surface area contributed by atoms with Crippen LogP contribution in [0.25, 0.3) is 0 Å². The molecule has 0 bridgehead atoms. The lowest BCUT2D eigenvalue weighted by atomic mass is 10.1. The molecule has 1 fully saturated rings. The Kier molecular flexibility index (Phi) is 2.77. The Bertz CT molecular complexity index is 504. The van der Waals surface area contributed by atoms with E-state index in [0.29, 0.717) is 6.54 Å². The van der Waals surface area contributed by atoms with E-state index in [4.69, 9.17) is 15.6 Å². The number of hydrogen-bond donors (Lipinski definition) is 2. The van der Waals surface area contributed by atoms with E-state index < -0.39 is 0 Å². The second-order valence-corrected chi connectivity index (χ2v) is 3.76. The first-order valence-corrected chi connectivity index (χ1v) is 5.01. The summed E-state index contributed by atoms with van der Waals surface area (Å²) < 4.78 is 0. The third-order valence-electron chi connectivity index (χ3n) is 2.63. The molecule has 0 aliphatic carbocycles. The predicted octanol–water partition coefficient (Wildman–Crippen LogP) is -0.502. The maximum atomic E-state index is 11.6. The van der Waals surface area contributed by atoms with Gasteiger partial charge in [-0.05, 0) is 0 Å². The highest BCUT2D eigenvalue weighted by Gasteiger charge is 2.32. The van der Waals surface area contributed by atoms with Gasteiger partial charge in [-0.3, -0.25) is 9.69 Å². The number of anilines is 1. The van der Waals surface area contributed by atoms with E-state index in [1.54, 1.807) is 12.1 Å². The van der Waals surface area contributed by atoms with Crippen molar-refractivity contribution in [1.82, 2.24) is 9.97 Å². The normalized spacial score (nSPS) is 19.1. The van der Waals surface area contributed by atoms with Crippen molar-refractivity contribution >= 4 is 11.9 Å². The smallest absolute Gasteiger partial charge is 0.229 e. The molecule has 1 aliphatic rings. The third-order valence-corrected chi connectivity index (χ3v) is 2.63. The molecular weight excluding hydrogens is 222 g/mol. The maximum absolute atomic E-state index is 11.6. The Morgan fingerprint density at radius 1 is 1.53 bits per heavy atom. The first-order valence-electron chi connectivity index (χ1n) is 5.01. The van der Waals surface area contributed by atoms with Crippen molar-refractivity contribution in [2.45, 2.75) is 6.42 Å². The molecule has 1 aromatic heterocycles. The Balaban J connectivity index is 2.30. The number of aromatic amines is 1. The number of nitrogens with one attached hydrogen (secondary N) is 1. The number of H-pyrrole nitrogens is 1. The molecule has 0 aromatic carbocycles. The van der Waals surface area contributed by atoms with Crippen molar-refractivity contribution in [1.29, 1.82) is 10.5 Å². The molecule has 7 heteroatoms. The van der Waals surface area contributed by atoms with Crippen LogP contribution in [0, 0.1) is 28.6 Å². The molecule has 0 saturated carbocycles. The molecule has 1 atom stereocenters. The highest BCUT2D eigenvalue weighted by Crippen LogP contribution is 2.23. The molecule has 86 valence electrons. The molecular formula is C10H9N5O2. The number of aliphatic hydroxyl groups excluding tert-OH is 1. The quantitative estimate of drug-likeness (QED) is 0.711. The monoisotopic (exact) mass is 231 g/mol. The number of aromatic nitrogens is 2. The molecule has 1 amide bonds. The second-order valence-electron chi connectivity index (χ2n) is 3.76. The molecule has 0 radical (unpaired) electrons. The van der Waals surface area contributed by atoms with Gasteiger partial charge in [0.1, 0.15) is 12.1 Å². The molecule has 17 heavy (non-hydrogen) atoms. The first-order chi connectivity index (χ1) is 8.19. The number of carbonyl (C=O) groups is 1. The minimum absolute atomic E-state index is 0.0252. The van der Waals surface area contributed by atoms with Crippen LogP contribution in [0.15, 0.2) is 0 Å². The summed E-state index contributed by atoms with van der Waals surface area (Å²) >= 11 is 0. The SMILES string of the molecule is N#Cc1nc(N2CC(CO)CC2=O)[nH]c1C#N. The van der Waals surface area contributed by atoms with Gasteiger partial charge in [0, 0.05) is 25.5 Å². The lowest BCUT2D eigenvalue weighted by Gasteiger charge is -2.11. The van der Waals surface area contributed by atoms with Crippen molar-refractivity contribution in [2.75, 3.05) is 18.1 Å². The molecule has 1 aliphatic heterocycles. The third kappa shape index (κ3) is 1.84. The summed E-state index contributed by atoms with van der Waals surface area (Å²) in [5.41, 5.74) is 0.0190. The van der Waals surface area contributed by atoms with Gasteiger partial charge in [0.05, 0.1) is 0 Å². The van der Waals surface area contributed by atoms with E-state index in [-0.39, 0.29) is 42.2 Å². The zero-order chi connectivity index (χ0) is 12.4. The van der Waals surface area contributed by atoms with E-state index in [1.165, 1.54) is 4.90 Å². The van der Waals surface area contributed by atoms with Gasteiger partial charge >= 0.3 is 0 Å². The van der Waals surface area contributed by atoms with Gasteiger partial charge in [0.15, 0.2) is 11.4 Å². The molecule has 1 saturated heterocycles. The molecule has 1 unspecified atom stereocenters. The van der Waals surface area contributed by atoms with Crippen LogP contribution >= 0.6 is 0 Å². The van der Waals surface area contributed by atoms with Crippen LogP contribution in [0.2, 0.25) is 0 Å². The van der Waals surface area contributed by atoms with E-state index in [1.807, 2.05) is 0 Å². The minimum Gasteiger partial charge on any atom is -0.396 e. The number of nitriles is 2. The summed E-state index contributed by atoms with van der Waals surface area (Å²) in [6.45, 7) is 0.276. The summed E-state index contributed by atoms with van der Waals surface area (Å²) in [6.07, 6.45) is 0.251. The van der Waals surface area contributed by atoms with Crippen molar-refractivity contribution in [2.24, 2.45) is 5.92 Å². The van der Waals surface area contributed by atoms with E-state index in [9.17, 15) is 4.79 Å². The summed E-state index contributed by atoms with van der Waals surface area (Å²) in [6, 6.07) is 3.58. The Labute approximate surface area is 96.9 Å². The molecule has 0 spiro atoms. The van der Waals surface area contributed by atoms with Crippen molar-refractivity contribution < 1.29 is 9.90 Å². The number of nitrogens with zero attached hydrogens (tertiary/aromatic N) is 4. The van der Waals surface area contributed by atoms with Crippen LogP contribution in [0.4, 0.5) is 5.95 Å². The Morgan fingerprint density at radius 2 is 2.29 bits per heavy atom. The lowest BCUT2D eigenvalue weighted by molar-refractivity contribution is -0.117. The largest absolute Gasteiger partial charge is 0.396 e. The van der Waals surface area contributed by atoms with Gasteiger partial charge in [0.2, 0.25) is 11.9 Å². The van der Waals surface area contributed by atoms with Gasteiger partial charge in [-0.15, -0.1) is 0 Å². The molecule has 7 nitrogen and oxygen atoms in total. The van der Waals surface area contributed by atoms with Crippen LogP contribution < -0.4 is 4.90 Å². The van der Waals surface area contributed by atoms with Crippen molar-refractivity contribution in [3.63, 3.8) is 0 Å². The van der Waals surface area contributed by atoms with Gasteiger partial charge in [-0.25, -0.2) is 4.98 Å². The average Bonchev–Trinajstić information content (AvgIpc) is 2.91. The van der Waals surface area contributed by atoms with Crippen LogP contribution in [0.3, 0.4) is 0 Å². The standard InChI is InChI=1S/C10H9N5O2/c11-2-7-8(3-12)14-10(13-7)15-4-6(5-16)1-9(15)17/h6,16H,1,4-5H2,(H,13,14). The fourth-order valence-corrected chi connectivity index (χ4v) is 1.76. The lowest BCUT2D eigenvalue weighted by Crippen LogP contribution is -2.26. The van der Waals surface area contributed by atoms with E-state index in [2.05, 4.69) is 9.97 Å². The number of aliphatic hydroxyl groups is 1. The number of carbonyl (C=O) groups excluding carboxylic acids is 1. The van der Waals surface area contributed by atoms with E-state index >= 15 is 0 Å². The summed E-state index contributed by atoms with van der Waals surface area (Å²) in [7, 11) is 0. The number of rotatable bonds is 2. The van der Waals surface area contributed by atoms with Crippen molar-refractivity contribution in [3.05, 3.63) is 11.4 Å². The first kappa shape index (κ1) is 11.1. The zero-order valence-corrected chi connectivity index (χ0v) is 8.84. The van der Waals surface area contributed by atoms with Crippen molar-refractivity contribution in [3.8, 4) is 12.1 Å². The summed E-state index contributed by atoms with van der Waals surface area (Å²) in [4.78, 5) is 19.5.